The van der Waals surface area contributed by atoms with E-state index >= 15 is 0 Å². The summed E-state index contributed by atoms with van der Waals surface area (Å²) in [7, 11) is 0. The van der Waals surface area contributed by atoms with Gasteiger partial charge in [0, 0.05) is 21.8 Å². The zero-order valence-corrected chi connectivity index (χ0v) is 25.5. The van der Waals surface area contributed by atoms with Gasteiger partial charge in [0.25, 0.3) is 0 Å². The van der Waals surface area contributed by atoms with Gasteiger partial charge in [-0.1, -0.05) is 30.3 Å². The number of amides is 1. The summed E-state index contributed by atoms with van der Waals surface area (Å²) in [6.07, 6.45) is 0.955. The molecular formula is C28H33ClN4O4S2. The number of hydrogen-bond donors (Lipinski definition) is 1. The molecule has 0 saturated heterocycles. The van der Waals surface area contributed by atoms with Gasteiger partial charge in [0.2, 0.25) is 5.28 Å². The predicted octanol–water partition coefficient (Wildman–Crippen LogP) is 7.66. The minimum Gasteiger partial charge on any atom is -0.598 e. The lowest BCUT2D eigenvalue weighted by atomic mass is 10.0. The predicted molar refractivity (Wildman–Crippen MR) is 158 cm³/mol. The first kappa shape index (κ1) is 29.4. The van der Waals surface area contributed by atoms with E-state index in [1.165, 1.54) is 16.2 Å². The molecule has 0 aliphatic heterocycles. The zero-order valence-electron chi connectivity index (χ0n) is 23.1. The van der Waals surface area contributed by atoms with E-state index in [9.17, 15) is 9.35 Å². The van der Waals surface area contributed by atoms with E-state index in [1.54, 1.807) is 39.2 Å². The highest BCUT2D eigenvalue weighted by Gasteiger charge is 2.33. The first-order valence-electron chi connectivity index (χ1n) is 12.5. The number of anilines is 1. The number of halogens is 1. The Hall–Kier alpha value is -2.63. The van der Waals surface area contributed by atoms with Crippen molar-refractivity contribution in [2.45, 2.75) is 71.4 Å². The first-order valence-corrected chi connectivity index (χ1v) is 14.9. The molecule has 3 aromatic heterocycles. The number of rotatable bonds is 7. The van der Waals surface area contributed by atoms with Crippen molar-refractivity contribution in [2.75, 3.05) is 4.90 Å². The molecule has 1 amide bonds. The molecule has 11 heteroatoms. The standard InChI is InChI=1S/C28H33ClN4O4S2/c1-17(32-39(35)28(5,6)7)22-20(18-12-9-8-10-13-18)21-23(38-22)24(31-25(29)30-21)33(16-19-14-11-15-36-19)26(34)37-27(2,3)4/h8-15,17,32H,16H2,1-7H3/t17-,39+/m0/s1. The van der Waals surface area contributed by atoms with Crippen LogP contribution in [0.2, 0.25) is 5.28 Å². The van der Waals surface area contributed by atoms with Gasteiger partial charge in [-0.15, -0.1) is 16.1 Å². The molecule has 3 heterocycles. The number of hydrogen-bond acceptors (Lipinski definition) is 8. The molecule has 39 heavy (non-hydrogen) atoms. The zero-order chi connectivity index (χ0) is 28.5. The van der Waals surface area contributed by atoms with Crippen molar-refractivity contribution < 1.29 is 18.5 Å². The Morgan fingerprint density at radius 2 is 1.85 bits per heavy atom. The fourth-order valence-electron chi connectivity index (χ4n) is 3.82. The van der Waals surface area contributed by atoms with E-state index in [0.29, 0.717) is 21.8 Å². The van der Waals surface area contributed by atoms with Gasteiger partial charge in [0.15, 0.2) is 5.82 Å². The fourth-order valence-corrected chi connectivity index (χ4v) is 6.11. The van der Waals surface area contributed by atoms with E-state index in [2.05, 4.69) is 14.7 Å². The maximum Gasteiger partial charge on any atom is 0.416 e. The van der Waals surface area contributed by atoms with Gasteiger partial charge in [-0.05, 0) is 77.8 Å². The van der Waals surface area contributed by atoms with Crippen LogP contribution in [0.4, 0.5) is 10.6 Å². The molecular weight excluding hydrogens is 556 g/mol. The lowest BCUT2D eigenvalue weighted by Gasteiger charge is -2.26. The molecule has 1 N–H and O–H groups in total. The molecule has 1 aromatic carbocycles. The molecule has 4 rings (SSSR count). The molecule has 208 valence electrons. The van der Waals surface area contributed by atoms with Crippen LogP contribution in [0.3, 0.4) is 0 Å². The lowest BCUT2D eigenvalue weighted by molar-refractivity contribution is 0.0574. The third kappa shape index (κ3) is 6.93. The van der Waals surface area contributed by atoms with Crippen molar-refractivity contribution in [3.05, 3.63) is 64.6 Å². The van der Waals surface area contributed by atoms with E-state index in [-0.39, 0.29) is 17.9 Å². The molecule has 0 saturated carbocycles. The van der Waals surface area contributed by atoms with Crippen LogP contribution in [0.25, 0.3) is 21.3 Å². The second-order valence-corrected chi connectivity index (χ2v) is 14.5. The van der Waals surface area contributed by atoms with Crippen LogP contribution >= 0.6 is 22.9 Å². The number of furan rings is 1. The summed E-state index contributed by atoms with van der Waals surface area (Å²) in [5.41, 5.74) is 1.62. The van der Waals surface area contributed by atoms with Crippen LogP contribution in [0.1, 0.15) is 65.1 Å². The lowest BCUT2D eigenvalue weighted by Crippen LogP contribution is -2.40. The Morgan fingerprint density at radius 1 is 1.15 bits per heavy atom. The van der Waals surface area contributed by atoms with Crippen molar-refractivity contribution in [1.29, 1.82) is 0 Å². The molecule has 0 unspecified atom stereocenters. The highest BCUT2D eigenvalue weighted by atomic mass is 35.5. The number of carbonyl (C=O) groups is 1. The highest BCUT2D eigenvalue weighted by Crippen LogP contribution is 2.45. The Balaban J connectivity index is 1.93. The number of fused-ring (bicyclic) bond motifs is 1. The number of benzene rings is 1. The molecule has 8 nitrogen and oxygen atoms in total. The molecule has 4 aromatic rings. The Labute approximate surface area is 241 Å². The molecule has 0 aliphatic carbocycles. The fraction of sp³-hybridized carbons (Fsp3) is 0.393. The SMILES string of the molecule is C[C@H](N[S@+]([O-])C(C)(C)C)c1sc2c(N(Cc3ccco3)C(=O)OC(C)(C)C)nc(Cl)nc2c1-c1ccccc1. The third-order valence-corrected chi connectivity index (χ3v) is 8.78. The molecule has 2 atom stereocenters. The van der Waals surface area contributed by atoms with Gasteiger partial charge in [0.1, 0.15) is 16.1 Å². The Kier molecular flexibility index (Phi) is 8.63. The largest absolute Gasteiger partial charge is 0.598 e. The topological polar surface area (TPSA) is 104 Å². The molecule has 0 aliphatic rings. The first-order chi connectivity index (χ1) is 18.2. The molecule has 0 radical (unpaired) electrons. The van der Waals surface area contributed by atoms with Crippen LogP contribution in [0, 0.1) is 0 Å². The van der Waals surface area contributed by atoms with Gasteiger partial charge >= 0.3 is 6.09 Å². The summed E-state index contributed by atoms with van der Waals surface area (Å²) in [5, 5.41) is -0.00841. The monoisotopic (exact) mass is 588 g/mol. The summed E-state index contributed by atoms with van der Waals surface area (Å²) in [5.74, 6) is 0.868. The summed E-state index contributed by atoms with van der Waals surface area (Å²) >= 11 is 6.61. The van der Waals surface area contributed by atoms with Gasteiger partial charge in [-0.3, -0.25) is 4.90 Å². The average Bonchev–Trinajstić information content (AvgIpc) is 3.48. The van der Waals surface area contributed by atoms with Crippen LogP contribution in [0.15, 0.2) is 53.1 Å². The van der Waals surface area contributed by atoms with Crippen LogP contribution in [-0.2, 0) is 22.6 Å². The summed E-state index contributed by atoms with van der Waals surface area (Å²) in [4.78, 5) is 24.9. The van der Waals surface area contributed by atoms with E-state index in [0.717, 1.165) is 16.0 Å². The van der Waals surface area contributed by atoms with Crippen LogP contribution in [0.5, 0.6) is 0 Å². The Bertz CT molecular complexity index is 1430. The van der Waals surface area contributed by atoms with E-state index < -0.39 is 27.8 Å². The third-order valence-electron chi connectivity index (χ3n) is 5.57. The molecule has 0 fully saturated rings. The van der Waals surface area contributed by atoms with Crippen LogP contribution in [-0.4, -0.2) is 31.0 Å². The van der Waals surface area contributed by atoms with Gasteiger partial charge < -0.3 is 13.7 Å². The van der Waals surface area contributed by atoms with Gasteiger partial charge in [0.05, 0.1) is 29.1 Å². The smallest absolute Gasteiger partial charge is 0.416 e. The van der Waals surface area contributed by atoms with Gasteiger partial charge in [-0.25, -0.2) is 9.78 Å². The second-order valence-electron chi connectivity index (χ2n) is 11.1. The summed E-state index contributed by atoms with van der Waals surface area (Å²) < 4.78 is 27.8. The van der Waals surface area contributed by atoms with Gasteiger partial charge in [-0.2, -0.15) is 4.98 Å². The molecule has 0 bridgehead atoms. The minimum absolute atomic E-state index is 0.00841. The quantitative estimate of drug-likeness (QED) is 0.174. The number of nitrogens with zero attached hydrogens (tertiary/aromatic N) is 3. The highest BCUT2D eigenvalue weighted by molar-refractivity contribution is 7.90. The van der Waals surface area contributed by atoms with E-state index in [4.69, 9.17) is 20.8 Å². The number of ether oxygens (including phenoxy) is 1. The van der Waals surface area contributed by atoms with Crippen LogP contribution < -0.4 is 9.62 Å². The Morgan fingerprint density at radius 3 is 2.44 bits per heavy atom. The van der Waals surface area contributed by atoms with Crippen molar-refractivity contribution in [3.8, 4) is 11.1 Å². The second kappa shape index (κ2) is 11.5. The van der Waals surface area contributed by atoms with E-state index in [1.807, 2.05) is 58.0 Å². The number of nitrogens with one attached hydrogen (secondary N) is 1. The van der Waals surface area contributed by atoms with Crippen molar-refractivity contribution >= 4 is 56.4 Å². The number of carbonyl (C=O) groups excluding carboxylic acids is 1. The van der Waals surface area contributed by atoms with Crippen molar-refractivity contribution in [1.82, 2.24) is 14.7 Å². The molecule has 0 spiro atoms. The number of thiophene rings is 1. The van der Waals surface area contributed by atoms with Crippen molar-refractivity contribution in [2.24, 2.45) is 0 Å². The van der Waals surface area contributed by atoms with Crippen molar-refractivity contribution in [3.63, 3.8) is 0 Å². The summed E-state index contributed by atoms with van der Waals surface area (Å²) in [6, 6.07) is 13.0. The number of aromatic nitrogens is 2. The normalized spacial score (nSPS) is 13.9. The summed E-state index contributed by atoms with van der Waals surface area (Å²) in [6.45, 7) is 13.2. The maximum atomic E-state index is 13.5. The maximum absolute atomic E-state index is 13.5. The minimum atomic E-state index is -1.32. The average molecular weight is 589 g/mol.